The first-order valence-corrected chi connectivity index (χ1v) is 4.90. The standard InChI is InChI=1S/C3H8O2PS/c1-2-3-6(4,5)7/h1-3H2,(H2,4,5,7). The van der Waals surface area contributed by atoms with Crippen LogP contribution in [0.4, 0.5) is 0 Å². The third kappa shape index (κ3) is 6.54. The van der Waals surface area contributed by atoms with Gasteiger partial charge in [-0.15, -0.1) is 0 Å². The van der Waals surface area contributed by atoms with Gasteiger partial charge in [0.1, 0.15) is 0 Å². The van der Waals surface area contributed by atoms with Gasteiger partial charge >= 0.3 is 0 Å². The second kappa shape index (κ2) is 2.75. The molecule has 0 spiro atoms. The molecule has 0 fully saturated rings. The maximum Gasteiger partial charge on any atom is 0.252 e. The highest BCUT2D eigenvalue weighted by Gasteiger charge is 2.06. The second-order valence-electron chi connectivity index (χ2n) is 1.24. The number of hydrogen-bond donors (Lipinski definition) is 2. The fraction of sp³-hybridized carbons (Fsp3) is 0.667. The molecule has 7 heavy (non-hydrogen) atoms. The monoisotopic (exact) mass is 139 g/mol. The van der Waals surface area contributed by atoms with Gasteiger partial charge in [-0.2, -0.15) is 0 Å². The average Bonchev–Trinajstić information content (AvgIpc) is 1.30. The smallest absolute Gasteiger partial charge is 0.252 e. The Morgan fingerprint density at radius 1 is 1.86 bits per heavy atom. The molecule has 0 amide bonds. The first-order valence-electron chi connectivity index (χ1n) is 1.90. The van der Waals surface area contributed by atoms with E-state index >= 15 is 0 Å². The highest BCUT2D eigenvalue weighted by atomic mass is 32.7. The van der Waals surface area contributed by atoms with Gasteiger partial charge in [0.15, 0.2) is 0 Å². The Morgan fingerprint density at radius 2 is 2.29 bits per heavy atom. The topological polar surface area (TPSA) is 37.3 Å². The summed E-state index contributed by atoms with van der Waals surface area (Å²) in [7, 11) is 0. The van der Waals surface area contributed by atoms with Crippen molar-refractivity contribution in [3.63, 3.8) is 0 Å². The van der Waals surface area contributed by atoms with E-state index in [4.69, 9.17) is 4.89 Å². The summed E-state index contributed by atoms with van der Waals surface area (Å²) in [6, 6.07) is 0. The minimum absolute atomic E-state index is 0.204. The molecule has 0 heterocycles. The third-order valence-corrected chi connectivity index (χ3v) is 1.95. The summed E-state index contributed by atoms with van der Waals surface area (Å²) in [5.41, 5.74) is 0. The SMILES string of the molecule is [CH2]CCP(=O)(O)S. The second-order valence-corrected chi connectivity index (χ2v) is 4.89. The van der Waals surface area contributed by atoms with Crippen LogP contribution < -0.4 is 0 Å². The number of rotatable bonds is 2. The van der Waals surface area contributed by atoms with Crippen LogP contribution in [-0.4, -0.2) is 11.1 Å². The van der Waals surface area contributed by atoms with Crippen LogP contribution in [0.1, 0.15) is 6.42 Å². The van der Waals surface area contributed by atoms with Crippen LogP contribution in [0.5, 0.6) is 0 Å². The Kier molecular flexibility index (Phi) is 2.96. The van der Waals surface area contributed by atoms with E-state index in [0.29, 0.717) is 6.42 Å². The Balaban J connectivity index is 3.36. The lowest BCUT2D eigenvalue weighted by molar-refractivity contribution is 0.497. The summed E-state index contributed by atoms with van der Waals surface area (Å²) < 4.78 is 10.2. The van der Waals surface area contributed by atoms with E-state index in [1.807, 2.05) is 0 Å². The zero-order chi connectivity index (χ0) is 5.91. The van der Waals surface area contributed by atoms with Crippen molar-refractivity contribution in [3.05, 3.63) is 6.92 Å². The molecule has 0 aliphatic rings. The van der Waals surface area contributed by atoms with E-state index in [1.165, 1.54) is 0 Å². The molecule has 0 saturated heterocycles. The van der Waals surface area contributed by atoms with Crippen LogP contribution in [-0.2, 0) is 4.57 Å². The van der Waals surface area contributed by atoms with E-state index in [-0.39, 0.29) is 6.16 Å². The lowest BCUT2D eigenvalue weighted by atomic mass is 10.6. The summed E-state index contributed by atoms with van der Waals surface area (Å²) in [5, 5.41) is 0. The minimum atomic E-state index is -3.03. The maximum absolute atomic E-state index is 10.2. The van der Waals surface area contributed by atoms with Gasteiger partial charge in [-0.1, -0.05) is 19.2 Å². The van der Waals surface area contributed by atoms with Gasteiger partial charge < -0.3 is 4.89 Å². The van der Waals surface area contributed by atoms with Crippen LogP contribution in [0.25, 0.3) is 0 Å². The minimum Gasteiger partial charge on any atom is -0.337 e. The first kappa shape index (κ1) is 7.54. The highest BCUT2D eigenvalue weighted by molar-refractivity contribution is 8.45. The predicted molar refractivity (Wildman–Crippen MR) is 33.7 cm³/mol. The van der Waals surface area contributed by atoms with Crippen molar-refractivity contribution in [2.75, 3.05) is 6.16 Å². The van der Waals surface area contributed by atoms with Crippen LogP contribution in [0.3, 0.4) is 0 Å². The van der Waals surface area contributed by atoms with Crippen molar-refractivity contribution in [2.45, 2.75) is 6.42 Å². The molecule has 1 radical (unpaired) electrons. The van der Waals surface area contributed by atoms with Crippen LogP contribution in [0.2, 0.25) is 0 Å². The molecule has 0 aromatic carbocycles. The molecule has 0 rings (SSSR count). The Morgan fingerprint density at radius 3 is 2.29 bits per heavy atom. The van der Waals surface area contributed by atoms with E-state index in [1.54, 1.807) is 0 Å². The van der Waals surface area contributed by atoms with E-state index in [0.717, 1.165) is 0 Å². The summed E-state index contributed by atoms with van der Waals surface area (Å²) in [5.74, 6) is 0. The molecule has 1 atom stereocenters. The van der Waals surface area contributed by atoms with Gasteiger partial charge in [0.25, 0.3) is 6.57 Å². The predicted octanol–water partition coefficient (Wildman–Crippen LogP) is 1.33. The summed E-state index contributed by atoms with van der Waals surface area (Å²) in [6.07, 6.45) is 0.674. The zero-order valence-electron chi connectivity index (χ0n) is 3.87. The van der Waals surface area contributed by atoms with Crippen LogP contribution in [0, 0.1) is 6.92 Å². The normalized spacial score (nSPS) is 18.7. The zero-order valence-corrected chi connectivity index (χ0v) is 5.66. The largest absolute Gasteiger partial charge is 0.337 e. The van der Waals surface area contributed by atoms with E-state index < -0.39 is 6.57 Å². The van der Waals surface area contributed by atoms with Crippen molar-refractivity contribution in [1.82, 2.24) is 0 Å². The fourth-order valence-electron chi connectivity index (χ4n) is 0.206. The molecule has 0 aromatic rings. The molecule has 43 valence electrons. The number of hydrogen-bond acceptors (Lipinski definition) is 1. The summed E-state index contributed by atoms with van der Waals surface area (Å²) >= 11 is 3.41. The highest BCUT2D eigenvalue weighted by Crippen LogP contribution is 2.45. The molecular weight excluding hydrogens is 131 g/mol. The molecule has 1 N–H and O–H groups in total. The van der Waals surface area contributed by atoms with Gasteiger partial charge in [0, 0.05) is 6.16 Å². The Labute approximate surface area is 48.5 Å². The molecule has 4 heteroatoms. The lowest BCUT2D eigenvalue weighted by Crippen LogP contribution is -1.76. The van der Waals surface area contributed by atoms with Crippen molar-refractivity contribution in [2.24, 2.45) is 0 Å². The molecule has 2 nitrogen and oxygen atoms in total. The molecule has 0 bridgehead atoms. The Bertz CT molecular complexity index is 86.9. The molecule has 0 aromatic heterocycles. The van der Waals surface area contributed by atoms with E-state index in [2.05, 4.69) is 19.2 Å². The molecular formula is C3H8O2PS. The molecule has 0 aliphatic heterocycles. The van der Waals surface area contributed by atoms with Crippen molar-refractivity contribution in [3.8, 4) is 0 Å². The van der Waals surface area contributed by atoms with Crippen LogP contribution >= 0.6 is 18.8 Å². The summed E-state index contributed by atoms with van der Waals surface area (Å²) in [6.45, 7) is 0.356. The Hall–Kier alpha value is 0.540. The lowest BCUT2D eigenvalue weighted by Gasteiger charge is -1.97. The van der Waals surface area contributed by atoms with Crippen molar-refractivity contribution in [1.29, 1.82) is 0 Å². The number of thiol groups is 1. The first-order chi connectivity index (χ1) is 3.06. The quantitative estimate of drug-likeness (QED) is 0.447. The molecule has 0 saturated carbocycles. The van der Waals surface area contributed by atoms with Gasteiger partial charge in [-0.25, -0.2) is 0 Å². The van der Waals surface area contributed by atoms with Crippen LogP contribution in [0.15, 0.2) is 0 Å². The maximum atomic E-state index is 10.2. The van der Waals surface area contributed by atoms with Crippen molar-refractivity contribution >= 4 is 18.8 Å². The summed E-state index contributed by atoms with van der Waals surface area (Å²) in [4.78, 5) is 8.40. The van der Waals surface area contributed by atoms with Gasteiger partial charge in [0.2, 0.25) is 0 Å². The average molecular weight is 139 g/mol. The van der Waals surface area contributed by atoms with E-state index in [9.17, 15) is 4.57 Å². The molecule has 1 unspecified atom stereocenters. The van der Waals surface area contributed by atoms with Crippen molar-refractivity contribution < 1.29 is 9.46 Å². The molecule has 0 aliphatic carbocycles. The van der Waals surface area contributed by atoms with Gasteiger partial charge in [-0.3, -0.25) is 4.57 Å². The third-order valence-electron chi connectivity index (χ3n) is 0.449. The fourth-order valence-corrected chi connectivity index (χ4v) is 1.04. The van der Waals surface area contributed by atoms with Gasteiger partial charge in [-0.05, 0) is 6.42 Å². The van der Waals surface area contributed by atoms with Gasteiger partial charge in [0.05, 0.1) is 0 Å².